The van der Waals surface area contributed by atoms with Gasteiger partial charge in [-0.25, -0.2) is 4.98 Å². The first-order chi connectivity index (χ1) is 8.85. The Labute approximate surface area is 110 Å². The summed E-state index contributed by atoms with van der Waals surface area (Å²) in [5.41, 5.74) is 0.556. The highest BCUT2D eigenvalue weighted by Crippen LogP contribution is 2.30. The maximum Gasteiger partial charge on any atom is 0.406 e. The van der Waals surface area contributed by atoms with Crippen LogP contribution in [0.3, 0.4) is 0 Å². The second-order valence-electron chi connectivity index (χ2n) is 3.83. The minimum Gasteiger partial charge on any atom is -0.480 e. The van der Waals surface area contributed by atoms with Crippen molar-refractivity contribution in [3.63, 3.8) is 0 Å². The summed E-state index contributed by atoms with van der Waals surface area (Å²) in [5.74, 6) is -1.33. The Hall–Kier alpha value is -1.83. The Morgan fingerprint density at radius 2 is 2.05 bits per heavy atom. The first-order valence-electron chi connectivity index (χ1n) is 5.24. The van der Waals surface area contributed by atoms with Gasteiger partial charge in [-0.1, -0.05) is 23.5 Å². The summed E-state index contributed by atoms with van der Waals surface area (Å²) in [7, 11) is 0. The van der Waals surface area contributed by atoms with E-state index in [1.165, 1.54) is 0 Å². The predicted octanol–water partition coefficient (Wildman–Crippen LogP) is 2.75. The van der Waals surface area contributed by atoms with Gasteiger partial charge in [0.2, 0.25) is 0 Å². The largest absolute Gasteiger partial charge is 0.480 e. The highest BCUT2D eigenvalue weighted by Gasteiger charge is 2.33. The van der Waals surface area contributed by atoms with Crippen molar-refractivity contribution in [2.75, 3.05) is 18.0 Å². The number of thiazole rings is 1. The van der Waals surface area contributed by atoms with Crippen molar-refractivity contribution in [2.45, 2.75) is 6.18 Å². The van der Waals surface area contributed by atoms with Crippen LogP contribution in [0.1, 0.15) is 0 Å². The molecule has 2 aromatic rings. The third kappa shape index (κ3) is 3.57. The minimum atomic E-state index is -4.48. The van der Waals surface area contributed by atoms with Crippen LogP contribution in [-0.4, -0.2) is 35.3 Å². The Bertz CT molecular complexity index is 564. The summed E-state index contributed by atoms with van der Waals surface area (Å²) in [6.07, 6.45) is -4.48. The molecule has 19 heavy (non-hydrogen) atoms. The van der Waals surface area contributed by atoms with E-state index >= 15 is 0 Å². The Morgan fingerprint density at radius 1 is 1.37 bits per heavy atom. The summed E-state index contributed by atoms with van der Waals surface area (Å²) in [5, 5.41) is 8.74. The lowest BCUT2D eigenvalue weighted by atomic mass is 10.3. The van der Waals surface area contributed by atoms with E-state index in [9.17, 15) is 18.0 Å². The molecule has 0 amide bonds. The fraction of sp³-hybridized carbons (Fsp3) is 0.273. The molecule has 0 bridgehead atoms. The Balaban J connectivity index is 2.33. The van der Waals surface area contributed by atoms with E-state index in [-0.39, 0.29) is 5.13 Å². The number of para-hydroxylation sites is 1. The third-order valence-electron chi connectivity index (χ3n) is 2.25. The van der Waals surface area contributed by atoms with Crippen molar-refractivity contribution in [3.05, 3.63) is 24.3 Å². The molecule has 0 saturated carbocycles. The zero-order chi connectivity index (χ0) is 14.0. The predicted molar refractivity (Wildman–Crippen MR) is 65.5 cm³/mol. The number of hydrogen-bond acceptors (Lipinski definition) is 4. The van der Waals surface area contributed by atoms with E-state index in [1.54, 1.807) is 24.3 Å². The number of carboxylic acid groups (broad SMARTS) is 1. The second-order valence-corrected chi connectivity index (χ2v) is 4.84. The van der Waals surface area contributed by atoms with Crippen LogP contribution in [0.25, 0.3) is 10.2 Å². The van der Waals surface area contributed by atoms with Gasteiger partial charge in [0.1, 0.15) is 13.1 Å². The lowest BCUT2D eigenvalue weighted by Gasteiger charge is -2.20. The fourth-order valence-corrected chi connectivity index (χ4v) is 2.53. The van der Waals surface area contributed by atoms with Crippen LogP contribution in [0.5, 0.6) is 0 Å². The molecule has 0 atom stereocenters. The first-order valence-corrected chi connectivity index (χ1v) is 6.06. The zero-order valence-electron chi connectivity index (χ0n) is 9.52. The van der Waals surface area contributed by atoms with Crippen molar-refractivity contribution >= 4 is 32.7 Å². The normalized spacial score (nSPS) is 11.7. The summed E-state index contributed by atoms with van der Waals surface area (Å²) in [4.78, 5) is 15.4. The number of nitrogens with zero attached hydrogens (tertiary/aromatic N) is 2. The van der Waals surface area contributed by atoms with Gasteiger partial charge in [-0.05, 0) is 12.1 Å². The Morgan fingerprint density at radius 3 is 2.63 bits per heavy atom. The SMILES string of the molecule is O=C(O)CN(CC(F)(F)F)c1nc2ccccc2s1. The maximum atomic E-state index is 12.4. The third-order valence-corrected chi connectivity index (χ3v) is 3.35. The average molecular weight is 290 g/mol. The number of benzene rings is 1. The van der Waals surface area contributed by atoms with Gasteiger partial charge in [0, 0.05) is 0 Å². The van der Waals surface area contributed by atoms with E-state index in [2.05, 4.69) is 4.98 Å². The summed E-state index contributed by atoms with van der Waals surface area (Å²) in [6.45, 7) is -2.07. The lowest BCUT2D eigenvalue weighted by Crippen LogP contribution is -2.37. The van der Waals surface area contributed by atoms with Gasteiger partial charge in [0.15, 0.2) is 5.13 Å². The van der Waals surface area contributed by atoms with Crippen LogP contribution in [-0.2, 0) is 4.79 Å². The van der Waals surface area contributed by atoms with Crippen LogP contribution in [0, 0.1) is 0 Å². The van der Waals surface area contributed by atoms with Crippen LogP contribution in [0.15, 0.2) is 24.3 Å². The molecule has 0 unspecified atom stereocenters. The molecule has 102 valence electrons. The number of halogens is 3. The first kappa shape index (κ1) is 13.6. The van der Waals surface area contributed by atoms with Crippen LogP contribution < -0.4 is 4.90 Å². The van der Waals surface area contributed by atoms with Crippen LogP contribution in [0.2, 0.25) is 0 Å². The number of aliphatic carboxylic acids is 1. The van der Waals surface area contributed by atoms with Crippen molar-refractivity contribution in [1.82, 2.24) is 4.98 Å². The molecule has 0 aliphatic rings. The van der Waals surface area contributed by atoms with Gasteiger partial charge < -0.3 is 10.0 Å². The highest BCUT2D eigenvalue weighted by atomic mass is 32.1. The molecule has 4 nitrogen and oxygen atoms in total. The van der Waals surface area contributed by atoms with Gasteiger partial charge >= 0.3 is 12.1 Å². The maximum absolute atomic E-state index is 12.4. The number of aromatic nitrogens is 1. The number of hydrogen-bond donors (Lipinski definition) is 1. The summed E-state index contributed by atoms with van der Waals surface area (Å²) >= 11 is 1.04. The fourth-order valence-electron chi connectivity index (χ4n) is 1.57. The molecule has 0 spiro atoms. The number of carboxylic acids is 1. The monoisotopic (exact) mass is 290 g/mol. The minimum absolute atomic E-state index is 0.0564. The van der Waals surface area contributed by atoms with E-state index in [1.807, 2.05) is 0 Å². The zero-order valence-corrected chi connectivity index (χ0v) is 10.3. The molecule has 0 radical (unpaired) electrons. The Kier molecular flexibility index (Phi) is 3.61. The molecule has 1 aromatic carbocycles. The van der Waals surface area contributed by atoms with Crippen molar-refractivity contribution in [1.29, 1.82) is 0 Å². The van der Waals surface area contributed by atoms with E-state index in [4.69, 9.17) is 5.11 Å². The topological polar surface area (TPSA) is 53.4 Å². The molecule has 1 N–H and O–H groups in total. The van der Waals surface area contributed by atoms with Crippen LogP contribution in [0.4, 0.5) is 18.3 Å². The molecule has 0 saturated heterocycles. The number of carbonyl (C=O) groups is 1. The number of alkyl halides is 3. The number of fused-ring (bicyclic) bond motifs is 1. The van der Waals surface area contributed by atoms with Crippen molar-refractivity contribution in [3.8, 4) is 0 Å². The molecule has 1 aromatic heterocycles. The highest BCUT2D eigenvalue weighted by molar-refractivity contribution is 7.22. The van der Waals surface area contributed by atoms with Gasteiger partial charge in [0.25, 0.3) is 0 Å². The number of rotatable bonds is 4. The van der Waals surface area contributed by atoms with Gasteiger partial charge in [-0.3, -0.25) is 4.79 Å². The molecule has 0 fully saturated rings. The van der Waals surface area contributed by atoms with E-state index in [0.717, 1.165) is 16.0 Å². The van der Waals surface area contributed by atoms with Gasteiger partial charge in [-0.2, -0.15) is 13.2 Å². The van der Waals surface area contributed by atoms with Crippen molar-refractivity contribution in [2.24, 2.45) is 0 Å². The molecule has 2 rings (SSSR count). The summed E-state index contributed by atoms with van der Waals surface area (Å²) in [6, 6.07) is 6.86. The van der Waals surface area contributed by atoms with E-state index < -0.39 is 25.2 Å². The van der Waals surface area contributed by atoms with Gasteiger partial charge in [0.05, 0.1) is 10.2 Å². The summed E-state index contributed by atoms with van der Waals surface area (Å²) < 4.78 is 38.0. The average Bonchev–Trinajstić information content (AvgIpc) is 2.68. The second kappa shape index (κ2) is 5.04. The van der Waals surface area contributed by atoms with Gasteiger partial charge in [-0.15, -0.1) is 0 Å². The molecule has 0 aliphatic carbocycles. The standard InChI is InChI=1S/C11H9F3N2O2S/c12-11(13,14)6-16(5-9(17)18)10-15-7-3-1-2-4-8(7)19-10/h1-4H,5-6H2,(H,17,18). The molecular formula is C11H9F3N2O2S. The number of anilines is 1. The molecule has 8 heteroatoms. The quantitative estimate of drug-likeness (QED) is 0.940. The molecule has 0 aliphatic heterocycles. The van der Waals surface area contributed by atoms with Crippen molar-refractivity contribution < 1.29 is 23.1 Å². The van der Waals surface area contributed by atoms with Crippen LogP contribution >= 0.6 is 11.3 Å². The molecular weight excluding hydrogens is 281 g/mol. The lowest BCUT2D eigenvalue weighted by molar-refractivity contribution is -0.136. The molecule has 1 heterocycles. The van der Waals surface area contributed by atoms with E-state index in [0.29, 0.717) is 10.4 Å². The smallest absolute Gasteiger partial charge is 0.406 e.